The van der Waals surface area contributed by atoms with Gasteiger partial charge in [0, 0.05) is 22.8 Å². The highest BCUT2D eigenvalue weighted by atomic mass is 35.5. The molecule has 1 aliphatic rings. The zero-order valence-corrected chi connectivity index (χ0v) is 17.6. The molecular weight excluding hydrogens is 419 g/mol. The third kappa shape index (κ3) is 4.03. The Morgan fingerprint density at radius 2 is 2.16 bits per heavy atom. The van der Waals surface area contributed by atoms with Crippen LogP contribution in [0.15, 0.2) is 42.9 Å². The third-order valence-corrected chi connectivity index (χ3v) is 5.77. The van der Waals surface area contributed by atoms with E-state index in [1.807, 2.05) is 6.92 Å². The molecule has 0 radical (unpaired) electrons. The highest BCUT2D eigenvalue weighted by Gasteiger charge is 2.27. The number of aryl methyl sites for hydroxylation is 1. The number of benzene rings is 1. The van der Waals surface area contributed by atoms with Gasteiger partial charge in [0.25, 0.3) is 0 Å². The fourth-order valence-corrected chi connectivity index (χ4v) is 4.06. The van der Waals surface area contributed by atoms with Crippen molar-refractivity contribution in [3.05, 3.63) is 70.5 Å². The van der Waals surface area contributed by atoms with E-state index in [-0.39, 0.29) is 18.3 Å². The van der Waals surface area contributed by atoms with Gasteiger partial charge in [0.1, 0.15) is 12.4 Å². The molecule has 7 nitrogen and oxygen atoms in total. The molecule has 3 aromatic heterocycles. The highest BCUT2D eigenvalue weighted by Crippen LogP contribution is 2.43. The van der Waals surface area contributed by atoms with Gasteiger partial charge in [-0.25, -0.2) is 14.1 Å². The van der Waals surface area contributed by atoms with Gasteiger partial charge < -0.3 is 5.32 Å². The normalized spacial score (nSPS) is 13.6. The van der Waals surface area contributed by atoms with E-state index in [4.69, 9.17) is 11.6 Å². The second-order valence-corrected chi connectivity index (χ2v) is 8.23. The minimum absolute atomic E-state index is 0.0560. The van der Waals surface area contributed by atoms with Crippen LogP contribution in [-0.2, 0) is 17.9 Å². The van der Waals surface area contributed by atoms with Crippen molar-refractivity contribution in [3.63, 3.8) is 0 Å². The van der Waals surface area contributed by atoms with E-state index >= 15 is 0 Å². The van der Waals surface area contributed by atoms with E-state index in [1.54, 1.807) is 34.0 Å². The first-order valence-corrected chi connectivity index (χ1v) is 10.4. The van der Waals surface area contributed by atoms with Gasteiger partial charge in [0.2, 0.25) is 5.91 Å². The molecule has 1 fully saturated rings. The summed E-state index contributed by atoms with van der Waals surface area (Å²) < 4.78 is 16.5. The fourth-order valence-electron chi connectivity index (χ4n) is 3.83. The van der Waals surface area contributed by atoms with Crippen LogP contribution in [0.2, 0.25) is 5.02 Å². The number of pyridine rings is 1. The summed E-state index contributed by atoms with van der Waals surface area (Å²) in [6, 6.07) is 6.29. The third-order valence-electron chi connectivity index (χ3n) is 5.42. The molecule has 5 rings (SSSR count). The van der Waals surface area contributed by atoms with Gasteiger partial charge in [-0.2, -0.15) is 10.2 Å². The van der Waals surface area contributed by atoms with Crippen molar-refractivity contribution < 1.29 is 9.18 Å². The summed E-state index contributed by atoms with van der Waals surface area (Å²) in [5.41, 5.74) is 4.19. The Morgan fingerprint density at radius 1 is 1.32 bits per heavy atom. The predicted molar refractivity (Wildman–Crippen MR) is 116 cm³/mol. The number of hydrogen-bond donors (Lipinski definition) is 1. The van der Waals surface area contributed by atoms with Gasteiger partial charge in [-0.05, 0) is 55.0 Å². The minimum atomic E-state index is -0.387. The molecule has 31 heavy (non-hydrogen) atoms. The lowest BCUT2D eigenvalue weighted by atomic mass is 10.1. The Labute approximate surface area is 182 Å². The molecule has 1 N–H and O–H groups in total. The maximum Gasteiger partial charge on any atom is 0.246 e. The van der Waals surface area contributed by atoms with Crippen LogP contribution in [0, 0.1) is 12.7 Å². The molecule has 1 amide bonds. The van der Waals surface area contributed by atoms with E-state index < -0.39 is 0 Å². The van der Waals surface area contributed by atoms with Crippen molar-refractivity contribution in [2.45, 2.75) is 38.8 Å². The number of rotatable bonds is 6. The summed E-state index contributed by atoms with van der Waals surface area (Å²) in [5.74, 6) is -0.0270. The summed E-state index contributed by atoms with van der Waals surface area (Å²) in [7, 11) is 0. The van der Waals surface area contributed by atoms with Gasteiger partial charge in [0.15, 0.2) is 5.65 Å². The number of hydrogen-bond acceptors (Lipinski definition) is 4. The van der Waals surface area contributed by atoms with Gasteiger partial charge in [0.05, 0.1) is 24.1 Å². The second kappa shape index (κ2) is 7.77. The number of fused-ring (bicyclic) bond motifs is 1. The summed E-state index contributed by atoms with van der Waals surface area (Å²) in [6.45, 7) is 2.38. The van der Waals surface area contributed by atoms with Crippen LogP contribution in [0.5, 0.6) is 0 Å². The van der Waals surface area contributed by atoms with Crippen LogP contribution >= 0.6 is 11.6 Å². The smallest absolute Gasteiger partial charge is 0.246 e. The summed E-state index contributed by atoms with van der Waals surface area (Å²) >= 11 is 6.08. The molecule has 0 bridgehead atoms. The molecule has 0 atom stereocenters. The molecule has 0 unspecified atom stereocenters. The van der Waals surface area contributed by atoms with Crippen molar-refractivity contribution in [1.29, 1.82) is 0 Å². The molecule has 0 aliphatic heterocycles. The molecule has 0 spiro atoms. The largest absolute Gasteiger partial charge is 0.322 e. The Balaban J connectivity index is 1.29. The van der Waals surface area contributed by atoms with Crippen LogP contribution in [0.1, 0.15) is 35.6 Å². The average molecular weight is 439 g/mol. The minimum Gasteiger partial charge on any atom is -0.322 e. The van der Waals surface area contributed by atoms with Crippen molar-refractivity contribution >= 4 is 34.2 Å². The zero-order valence-electron chi connectivity index (χ0n) is 16.8. The van der Waals surface area contributed by atoms with E-state index in [2.05, 4.69) is 26.6 Å². The summed E-state index contributed by atoms with van der Waals surface area (Å²) in [6.07, 6.45) is 7.43. The van der Waals surface area contributed by atoms with Crippen LogP contribution in [0.3, 0.4) is 0 Å². The lowest BCUT2D eigenvalue weighted by Crippen LogP contribution is -2.19. The Kier molecular flexibility index (Phi) is 4.94. The lowest BCUT2D eigenvalue weighted by Gasteiger charge is -2.05. The quantitative estimate of drug-likeness (QED) is 0.487. The lowest BCUT2D eigenvalue weighted by molar-refractivity contribution is -0.116. The summed E-state index contributed by atoms with van der Waals surface area (Å²) in [4.78, 5) is 17.1. The molecule has 1 aromatic carbocycles. The number of aromatic nitrogens is 5. The van der Waals surface area contributed by atoms with Crippen molar-refractivity contribution in [3.8, 4) is 0 Å². The maximum absolute atomic E-state index is 13.2. The van der Waals surface area contributed by atoms with E-state index in [0.717, 1.165) is 22.3 Å². The maximum atomic E-state index is 13.2. The molecular formula is C22H20ClFN6O. The first kappa shape index (κ1) is 19.7. The first-order chi connectivity index (χ1) is 15.0. The Morgan fingerprint density at radius 3 is 2.94 bits per heavy atom. The molecule has 158 valence electrons. The number of anilines is 1. The van der Waals surface area contributed by atoms with Gasteiger partial charge in [-0.1, -0.05) is 17.7 Å². The van der Waals surface area contributed by atoms with Crippen LogP contribution < -0.4 is 5.32 Å². The molecule has 9 heteroatoms. The number of halogens is 2. The number of carbonyl (C=O) groups is 1. The second-order valence-electron chi connectivity index (χ2n) is 7.83. The molecule has 4 aromatic rings. The van der Waals surface area contributed by atoms with E-state index in [9.17, 15) is 9.18 Å². The van der Waals surface area contributed by atoms with Gasteiger partial charge >= 0.3 is 0 Å². The van der Waals surface area contributed by atoms with Crippen molar-refractivity contribution in [1.82, 2.24) is 24.5 Å². The zero-order chi connectivity index (χ0) is 21.5. The highest BCUT2D eigenvalue weighted by molar-refractivity contribution is 6.31. The molecule has 3 heterocycles. The summed E-state index contributed by atoms with van der Waals surface area (Å²) in [5, 5.41) is 13.0. The molecule has 1 saturated carbocycles. The standard InChI is InChI=1S/C22H20ClFN6O/c1-13-21-18(14-2-3-14)6-7-25-22(21)30(28-13)12-20(31)27-17-9-26-29(11-17)10-15-4-5-16(24)8-19(15)23/h4-9,11,14H,2-3,10,12H2,1H3,(H,27,31). The fraction of sp³-hybridized carbons (Fsp3) is 0.273. The van der Waals surface area contributed by atoms with Gasteiger partial charge in [-0.3, -0.25) is 9.48 Å². The predicted octanol–water partition coefficient (Wildman–Crippen LogP) is 4.29. The van der Waals surface area contributed by atoms with Crippen molar-refractivity contribution in [2.75, 3.05) is 5.32 Å². The first-order valence-electron chi connectivity index (χ1n) is 10.1. The van der Waals surface area contributed by atoms with Crippen LogP contribution in [0.4, 0.5) is 10.1 Å². The monoisotopic (exact) mass is 438 g/mol. The number of nitrogens with zero attached hydrogens (tertiary/aromatic N) is 5. The Hall–Kier alpha value is -3.26. The number of amides is 1. The Bertz CT molecular complexity index is 1290. The number of nitrogens with one attached hydrogen (secondary N) is 1. The topological polar surface area (TPSA) is 77.6 Å². The van der Waals surface area contributed by atoms with E-state index in [1.165, 1.54) is 30.5 Å². The van der Waals surface area contributed by atoms with Gasteiger partial charge in [-0.15, -0.1) is 0 Å². The number of carbonyl (C=O) groups excluding carboxylic acids is 1. The van der Waals surface area contributed by atoms with E-state index in [0.29, 0.717) is 23.2 Å². The average Bonchev–Trinajstić information content (AvgIpc) is 3.42. The van der Waals surface area contributed by atoms with Crippen LogP contribution in [0.25, 0.3) is 11.0 Å². The van der Waals surface area contributed by atoms with Crippen molar-refractivity contribution in [2.24, 2.45) is 0 Å². The molecule has 1 aliphatic carbocycles. The van der Waals surface area contributed by atoms with Crippen LogP contribution in [-0.4, -0.2) is 30.5 Å². The SMILES string of the molecule is Cc1nn(CC(=O)Nc2cnn(Cc3ccc(F)cc3Cl)c2)c2nccc(C3CC3)c12. The molecule has 0 saturated heterocycles.